The maximum Gasteiger partial charge on any atom is 0.432 e. The molecule has 0 bridgehead atoms. The summed E-state index contributed by atoms with van der Waals surface area (Å²) in [6, 6.07) is -0.593. The second-order valence-corrected chi connectivity index (χ2v) is 7.27. The number of carboxylic acids is 1. The Kier molecular flexibility index (Phi) is 7.01. The number of anilines is 1. The lowest BCUT2D eigenvalue weighted by atomic mass is 10.0. The van der Waals surface area contributed by atoms with Crippen LogP contribution in [0.15, 0.2) is 0 Å². The van der Waals surface area contributed by atoms with E-state index in [0.717, 1.165) is 11.3 Å². The number of aromatic carboxylic acids is 1. The predicted octanol–water partition coefficient (Wildman–Crippen LogP) is 3.02. The van der Waals surface area contributed by atoms with Gasteiger partial charge in [-0.2, -0.15) is 4.48 Å². The van der Waals surface area contributed by atoms with Gasteiger partial charge < -0.3 is 9.84 Å². The Balaban J connectivity index is 2.65. The third kappa shape index (κ3) is 3.74. The van der Waals surface area contributed by atoms with Gasteiger partial charge >= 0.3 is 17.9 Å². The SMILES string of the molecule is COCCN1C(=O)[N+](CCCF)(CCCF)C(=O)c2c1sc(C(=O)O)c2C. The second kappa shape index (κ2) is 8.85. The average Bonchev–Trinajstić information content (AvgIpc) is 2.99. The van der Waals surface area contributed by atoms with Crippen molar-refractivity contribution in [2.24, 2.45) is 0 Å². The van der Waals surface area contributed by atoms with Gasteiger partial charge in [-0.25, -0.2) is 19.3 Å². The molecule has 0 saturated carbocycles. The number of carbonyl (C=O) groups is 3. The molecule has 0 spiro atoms. The van der Waals surface area contributed by atoms with Crippen molar-refractivity contribution in [2.75, 3.05) is 51.6 Å². The smallest absolute Gasteiger partial charge is 0.432 e. The van der Waals surface area contributed by atoms with E-state index in [0.29, 0.717) is 0 Å². The molecule has 0 radical (unpaired) electrons. The van der Waals surface area contributed by atoms with Crippen LogP contribution in [0, 0.1) is 6.92 Å². The van der Waals surface area contributed by atoms with Gasteiger partial charge in [0.05, 0.1) is 39.6 Å². The Bertz CT molecular complexity index is 729. The molecule has 3 amide bonds. The molecular formula is C17H23F2N2O5S+. The summed E-state index contributed by atoms with van der Waals surface area (Å²) < 4.78 is 30.0. The molecule has 0 unspecified atom stereocenters. The quantitative estimate of drug-likeness (QED) is 0.605. The second-order valence-electron chi connectivity index (χ2n) is 6.27. The molecule has 7 nitrogen and oxygen atoms in total. The first-order valence-electron chi connectivity index (χ1n) is 8.57. The van der Waals surface area contributed by atoms with Crippen LogP contribution < -0.4 is 4.90 Å². The number of rotatable bonds is 10. The number of amides is 3. The molecule has 1 N–H and O–H groups in total. The third-order valence-electron chi connectivity index (χ3n) is 4.63. The number of hydrogen-bond donors (Lipinski definition) is 1. The number of alkyl halides is 2. The van der Waals surface area contributed by atoms with Gasteiger partial charge in [-0.1, -0.05) is 0 Å². The van der Waals surface area contributed by atoms with E-state index in [2.05, 4.69) is 0 Å². The zero-order chi connectivity index (χ0) is 20.2. The van der Waals surface area contributed by atoms with Gasteiger partial charge in [0.25, 0.3) is 0 Å². The van der Waals surface area contributed by atoms with Crippen LogP contribution in [0.1, 0.15) is 38.4 Å². The van der Waals surface area contributed by atoms with Crippen molar-refractivity contribution in [3.8, 4) is 0 Å². The minimum absolute atomic E-state index is 0.0282. The van der Waals surface area contributed by atoms with Gasteiger partial charge in [0.2, 0.25) is 0 Å². The first-order chi connectivity index (χ1) is 12.9. The number of imide groups is 1. The average molecular weight is 405 g/mol. The van der Waals surface area contributed by atoms with E-state index in [1.165, 1.54) is 18.9 Å². The monoisotopic (exact) mass is 405 g/mol. The lowest BCUT2D eigenvalue weighted by molar-refractivity contribution is -0.767. The number of carboxylic acid groups (broad SMARTS) is 1. The van der Waals surface area contributed by atoms with Crippen LogP contribution in [0.5, 0.6) is 0 Å². The number of nitrogens with zero attached hydrogens (tertiary/aromatic N) is 2. The maximum atomic E-state index is 13.3. The zero-order valence-corrected chi connectivity index (χ0v) is 16.1. The molecule has 27 heavy (non-hydrogen) atoms. The fourth-order valence-electron chi connectivity index (χ4n) is 3.31. The molecule has 1 aliphatic rings. The number of methoxy groups -OCH3 is 1. The predicted molar refractivity (Wildman–Crippen MR) is 96.1 cm³/mol. The van der Waals surface area contributed by atoms with Crippen molar-refractivity contribution < 1.29 is 37.5 Å². The first-order valence-corrected chi connectivity index (χ1v) is 9.39. The highest BCUT2D eigenvalue weighted by atomic mass is 32.1. The van der Waals surface area contributed by atoms with Crippen molar-refractivity contribution in [3.05, 3.63) is 16.0 Å². The summed E-state index contributed by atoms with van der Waals surface area (Å²) >= 11 is 0.856. The number of carbonyl (C=O) groups excluding carboxylic acids is 2. The molecule has 150 valence electrons. The van der Waals surface area contributed by atoms with Gasteiger partial charge in [0.15, 0.2) is 0 Å². The van der Waals surface area contributed by atoms with Gasteiger partial charge in [0.1, 0.15) is 15.4 Å². The summed E-state index contributed by atoms with van der Waals surface area (Å²) in [5.41, 5.74) is 0.413. The molecule has 10 heteroatoms. The van der Waals surface area contributed by atoms with Crippen LogP contribution in [-0.4, -0.2) is 74.2 Å². The van der Waals surface area contributed by atoms with E-state index in [1.54, 1.807) is 0 Å². The highest BCUT2D eigenvalue weighted by Crippen LogP contribution is 2.43. The minimum Gasteiger partial charge on any atom is -0.477 e. The highest BCUT2D eigenvalue weighted by Gasteiger charge is 2.54. The van der Waals surface area contributed by atoms with Gasteiger partial charge in [-0.15, -0.1) is 11.3 Å². The van der Waals surface area contributed by atoms with Crippen LogP contribution in [0.4, 0.5) is 18.6 Å². The molecular weight excluding hydrogens is 382 g/mol. The van der Waals surface area contributed by atoms with E-state index in [9.17, 15) is 28.3 Å². The number of urea groups is 1. The molecule has 0 aromatic carbocycles. The fourth-order valence-corrected chi connectivity index (χ4v) is 4.47. The van der Waals surface area contributed by atoms with Crippen molar-refractivity contribution in [1.82, 2.24) is 0 Å². The highest BCUT2D eigenvalue weighted by molar-refractivity contribution is 7.18. The van der Waals surface area contributed by atoms with E-state index >= 15 is 0 Å². The van der Waals surface area contributed by atoms with Crippen LogP contribution in [0.2, 0.25) is 0 Å². The summed E-state index contributed by atoms with van der Waals surface area (Å²) in [7, 11) is 1.46. The molecule has 1 aromatic heterocycles. The van der Waals surface area contributed by atoms with Crippen molar-refractivity contribution >= 4 is 34.2 Å². The lowest BCUT2D eigenvalue weighted by Crippen LogP contribution is -2.66. The first kappa shape index (κ1) is 21.4. The Morgan fingerprint density at radius 2 is 1.81 bits per heavy atom. The van der Waals surface area contributed by atoms with E-state index in [-0.39, 0.29) is 60.1 Å². The van der Waals surface area contributed by atoms with E-state index in [4.69, 9.17) is 4.74 Å². The molecule has 0 atom stereocenters. The van der Waals surface area contributed by atoms with Gasteiger partial charge in [-0.05, 0) is 12.5 Å². The number of ether oxygens (including phenoxy) is 1. The molecule has 0 aliphatic carbocycles. The Morgan fingerprint density at radius 1 is 1.22 bits per heavy atom. The largest absolute Gasteiger partial charge is 0.477 e. The van der Waals surface area contributed by atoms with E-state index in [1.807, 2.05) is 0 Å². The number of fused-ring (bicyclic) bond motifs is 1. The lowest BCUT2D eigenvalue weighted by Gasteiger charge is -2.40. The summed E-state index contributed by atoms with van der Waals surface area (Å²) in [6.45, 7) is 0.155. The topological polar surface area (TPSA) is 83.9 Å². The van der Waals surface area contributed by atoms with Crippen LogP contribution >= 0.6 is 11.3 Å². The van der Waals surface area contributed by atoms with Crippen LogP contribution in [-0.2, 0) is 4.74 Å². The summed E-state index contributed by atoms with van der Waals surface area (Å²) in [5, 5.41) is 9.66. The van der Waals surface area contributed by atoms with Crippen molar-refractivity contribution in [1.29, 1.82) is 0 Å². The van der Waals surface area contributed by atoms with Gasteiger partial charge in [0, 0.05) is 20.0 Å². The Morgan fingerprint density at radius 3 is 2.30 bits per heavy atom. The number of hydrogen-bond acceptors (Lipinski definition) is 5. The van der Waals surface area contributed by atoms with Crippen LogP contribution in [0.25, 0.3) is 0 Å². The van der Waals surface area contributed by atoms with Crippen molar-refractivity contribution in [3.63, 3.8) is 0 Å². The number of thiophene rings is 1. The molecule has 0 fully saturated rings. The molecule has 1 aromatic rings. The third-order valence-corrected chi connectivity index (χ3v) is 5.94. The van der Waals surface area contributed by atoms with E-state index < -0.39 is 35.7 Å². The fraction of sp³-hybridized carbons (Fsp3) is 0.588. The maximum absolute atomic E-state index is 13.3. The van der Waals surface area contributed by atoms with Gasteiger partial charge in [-0.3, -0.25) is 8.78 Å². The Hall–Kier alpha value is -1.91. The number of halogens is 2. The van der Waals surface area contributed by atoms with Crippen molar-refractivity contribution in [2.45, 2.75) is 19.8 Å². The molecule has 1 aliphatic heterocycles. The number of quaternary nitrogens is 1. The molecule has 2 heterocycles. The summed E-state index contributed by atoms with van der Waals surface area (Å²) in [5.74, 6) is -1.78. The standard InChI is InChI=1S/C17H22F2N2O5S/c1-11-12-14(27-13(11)16(23)24)20(7-10-26-2)17(25)21(15(12)22,8-3-5-18)9-4-6-19/h3-10H2,1-2H3/p+1. The normalized spacial score (nSPS) is 15.9. The molecule has 2 rings (SSSR count). The summed E-state index contributed by atoms with van der Waals surface area (Å²) in [6.07, 6.45) is -0.0711. The minimum atomic E-state index is -1.19. The summed E-state index contributed by atoms with van der Waals surface area (Å²) in [4.78, 5) is 39.4. The Labute approximate surface area is 159 Å². The van der Waals surface area contributed by atoms with Crippen LogP contribution in [0.3, 0.4) is 0 Å². The molecule has 0 saturated heterocycles. The zero-order valence-electron chi connectivity index (χ0n) is 15.3.